The number of carboxylic acid groups (broad SMARTS) is 1. The second kappa shape index (κ2) is 6.09. The smallest absolute Gasteiger partial charge is 0.328 e. The Hall–Kier alpha value is -2.82. The number of rotatable bonds is 4. The molecule has 2 rings (SSSR count). The summed E-state index contributed by atoms with van der Waals surface area (Å²) in [5, 5.41) is 11.3. The Bertz CT molecular complexity index is 676. The fraction of sp³-hybridized carbons (Fsp3) is 0.125. The highest BCUT2D eigenvalue weighted by atomic mass is 16.4. The first-order chi connectivity index (χ1) is 9.95. The van der Waals surface area contributed by atoms with Gasteiger partial charge in [-0.05, 0) is 49.2 Å². The fourth-order valence-electron chi connectivity index (χ4n) is 1.72. The van der Waals surface area contributed by atoms with E-state index in [2.05, 4.69) is 5.32 Å². The highest BCUT2D eigenvalue weighted by Gasteiger charge is 2.12. The average molecular weight is 285 g/mol. The molecule has 0 atom stereocenters. The van der Waals surface area contributed by atoms with Crippen LogP contribution in [0.15, 0.2) is 40.8 Å². The molecule has 108 valence electrons. The van der Waals surface area contributed by atoms with E-state index in [0.717, 1.165) is 17.2 Å². The summed E-state index contributed by atoms with van der Waals surface area (Å²) in [5.74, 6) is -0.342. The van der Waals surface area contributed by atoms with Crippen molar-refractivity contribution >= 4 is 23.6 Å². The Morgan fingerprint density at radius 3 is 2.38 bits per heavy atom. The lowest BCUT2D eigenvalue weighted by molar-refractivity contribution is -0.131. The van der Waals surface area contributed by atoms with Gasteiger partial charge in [0.2, 0.25) is 0 Å². The summed E-state index contributed by atoms with van der Waals surface area (Å²) in [6, 6.07) is 8.51. The number of aliphatic carboxylic acids is 1. The molecule has 0 aliphatic carbocycles. The largest absolute Gasteiger partial charge is 0.478 e. The zero-order valence-electron chi connectivity index (χ0n) is 11.7. The van der Waals surface area contributed by atoms with Gasteiger partial charge in [-0.15, -0.1) is 0 Å². The number of nitrogens with one attached hydrogen (secondary N) is 1. The number of carbonyl (C=O) groups is 2. The van der Waals surface area contributed by atoms with Gasteiger partial charge < -0.3 is 14.8 Å². The molecule has 1 aromatic heterocycles. The minimum Gasteiger partial charge on any atom is -0.478 e. The summed E-state index contributed by atoms with van der Waals surface area (Å²) in [5.41, 5.74) is 2.27. The molecule has 0 aliphatic heterocycles. The van der Waals surface area contributed by atoms with Crippen LogP contribution in [0.5, 0.6) is 0 Å². The van der Waals surface area contributed by atoms with Crippen molar-refractivity contribution in [3.63, 3.8) is 0 Å². The number of carbonyl (C=O) groups excluding carboxylic acids is 1. The molecule has 1 aromatic carbocycles. The molecule has 2 aromatic rings. The second-order valence-corrected chi connectivity index (χ2v) is 4.60. The van der Waals surface area contributed by atoms with Gasteiger partial charge in [0.1, 0.15) is 5.76 Å². The van der Waals surface area contributed by atoms with E-state index in [1.165, 1.54) is 6.08 Å². The Labute approximate surface area is 121 Å². The molecule has 0 saturated heterocycles. The molecule has 2 N–H and O–H groups in total. The van der Waals surface area contributed by atoms with Gasteiger partial charge in [-0.1, -0.05) is 12.1 Å². The van der Waals surface area contributed by atoms with E-state index in [9.17, 15) is 9.59 Å². The fourth-order valence-corrected chi connectivity index (χ4v) is 1.72. The monoisotopic (exact) mass is 285 g/mol. The normalized spacial score (nSPS) is 10.8. The van der Waals surface area contributed by atoms with E-state index in [1.807, 2.05) is 6.92 Å². The van der Waals surface area contributed by atoms with Crippen LogP contribution in [0.25, 0.3) is 6.08 Å². The number of amides is 1. The van der Waals surface area contributed by atoms with E-state index >= 15 is 0 Å². The lowest BCUT2D eigenvalue weighted by atomic mass is 10.2. The third kappa shape index (κ3) is 3.82. The zero-order chi connectivity index (χ0) is 15.4. The Kier molecular flexibility index (Phi) is 4.23. The van der Waals surface area contributed by atoms with Gasteiger partial charge in [-0.25, -0.2) is 4.79 Å². The molecule has 0 bridgehead atoms. The van der Waals surface area contributed by atoms with Crippen LogP contribution in [0.3, 0.4) is 0 Å². The summed E-state index contributed by atoms with van der Waals surface area (Å²) in [4.78, 5) is 22.4. The Morgan fingerprint density at radius 2 is 1.86 bits per heavy atom. The van der Waals surface area contributed by atoms with E-state index in [0.29, 0.717) is 11.4 Å². The minimum atomic E-state index is -1.00. The van der Waals surface area contributed by atoms with E-state index in [-0.39, 0.29) is 11.7 Å². The number of carboxylic acids is 1. The lowest BCUT2D eigenvalue weighted by Gasteiger charge is -2.03. The maximum atomic E-state index is 12.0. The van der Waals surface area contributed by atoms with Gasteiger partial charge >= 0.3 is 5.97 Å². The molecule has 0 unspecified atom stereocenters. The number of hydrogen-bond donors (Lipinski definition) is 2. The van der Waals surface area contributed by atoms with Crippen molar-refractivity contribution < 1.29 is 19.1 Å². The van der Waals surface area contributed by atoms with Crippen molar-refractivity contribution in [3.8, 4) is 0 Å². The van der Waals surface area contributed by atoms with Crippen molar-refractivity contribution in [1.82, 2.24) is 0 Å². The molecule has 1 amide bonds. The van der Waals surface area contributed by atoms with Crippen molar-refractivity contribution in [2.24, 2.45) is 0 Å². The van der Waals surface area contributed by atoms with Gasteiger partial charge in [0.25, 0.3) is 5.91 Å². The summed E-state index contributed by atoms with van der Waals surface area (Å²) in [6.45, 7) is 3.68. The summed E-state index contributed by atoms with van der Waals surface area (Å²) in [6.07, 6.45) is 2.54. The van der Waals surface area contributed by atoms with Crippen LogP contribution in [0.2, 0.25) is 0 Å². The van der Waals surface area contributed by atoms with E-state index in [1.54, 1.807) is 37.3 Å². The molecule has 5 heteroatoms. The molecule has 1 heterocycles. The van der Waals surface area contributed by atoms with Crippen LogP contribution in [-0.2, 0) is 4.79 Å². The van der Waals surface area contributed by atoms with E-state index < -0.39 is 5.97 Å². The van der Waals surface area contributed by atoms with Crippen molar-refractivity contribution in [1.29, 1.82) is 0 Å². The number of benzene rings is 1. The zero-order valence-corrected chi connectivity index (χ0v) is 11.7. The van der Waals surface area contributed by atoms with Gasteiger partial charge in [-0.2, -0.15) is 0 Å². The topological polar surface area (TPSA) is 79.5 Å². The third-order valence-electron chi connectivity index (χ3n) is 2.98. The van der Waals surface area contributed by atoms with Gasteiger partial charge in [0.05, 0.1) is 0 Å². The maximum Gasteiger partial charge on any atom is 0.328 e. The van der Waals surface area contributed by atoms with Gasteiger partial charge in [-0.3, -0.25) is 4.79 Å². The predicted octanol–water partition coefficient (Wildman–Crippen LogP) is 3.25. The standard InChI is InChI=1S/C16H15NO4/c1-10-9-14(21-11(10)2)16(20)17-13-6-3-12(4-7-13)5-8-15(18)19/h3-9H,1-2H3,(H,17,20)(H,18,19)/b8-5+. The Morgan fingerprint density at radius 1 is 1.19 bits per heavy atom. The Balaban J connectivity index is 2.06. The molecule has 0 saturated carbocycles. The van der Waals surface area contributed by atoms with Crippen molar-refractivity contribution in [2.75, 3.05) is 5.32 Å². The van der Waals surface area contributed by atoms with Crippen LogP contribution in [0.4, 0.5) is 5.69 Å². The molecule has 0 radical (unpaired) electrons. The SMILES string of the molecule is Cc1cc(C(=O)Nc2ccc(/C=C/C(=O)O)cc2)oc1C. The lowest BCUT2D eigenvalue weighted by Crippen LogP contribution is -2.10. The van der Waals surface area contributed by atoms with Gasteiger partial charge in [0, 0.05) is 11.8 Å². The molecule has 5 nitrogen and oxygen atoms in total. The number of furan rings is 1. The van der Waals surface area contributed by atoms with Crippen LogP contribution in [0.1, 0.15) is 27.4 Å². The maximum absolute atomic E-state index is 12.0. The first-order valence-electron chi connectivity index (χ1n) is 6.35. The average Bonchev–Trinajstić information content (AvgIpc) is 2.78. The van der Waals surface area contributed by atoms with Crippen LogP contribution in [-0.4, -0.2) is 17.0 Å². The second-order valence-electron chi connectivity index (χ2n) is 4.60. The first kappa shape index (κ1) is 14.6. The van der Waals surface area contributed by atoms with Crippen molar-refractivity contribution in [3.05, 3.63) is 59.1 Å². The summed E-state index contributed by atoms with van der Waals surface area (Å²) in [7, 11) is 0. The molecular formula is C16H15NO4. The van der Waals surface area contributed by atoms with Crippen LogP contribution in [0, 0.1) is 13.8 Å². The number of hydrogen-bond acceptors (Lipinski definition) is 3. The highest BCUT2D eigenvalue weighted by Crippen LogP contribution is 2.16. The summed E-state index contributed by atoms with van der Waals surface area (Å²) >= 11 is 0. The molecule has 21 heavy (non-hydrogen) atoms. The predicted molar refractivity (Wildman–Crippen MR) is 79.2 cm³/mol. The minimum absolute atomic E-state index is 0.264. The van der Waals surface area contributed by atoms with Crippen LogP contribution < -0.4 is 5.32 Å². The highest BCUT2D eigenvalue weighted by molar-refractivity contribution is 6.02. The van der Waals surface area contributed by atoms with E-state index in [4.69, 9.17) is 9.52 Å². The van der Waals surface area contributed by atoms with Gasteiger partial charge in [0.15, 0.2) is 5.76 Å². The van der Waals surface area contributed by atoms with Crippen molar-refractivity contribution in [2.45, 2.75) is 13.8 Å². The number of aryl methyl sites for hydroxylation is 2. The summed E-state index contributed by atoms with van der Waals surface area (Å²) < 4.78 is 5.35. The molecular weight excluding hydrogens is 270 g/mol. The first-order valence-corrected chi connectivity index (χ1v) is 6.35. The number of anilines is 1. The quantitative estimate of drug-likeness (QED) is 0.845. The molecule has 0 fully saturated rings. The van der Waals surface area contributed by atoms with Crippen LogP contribution >= 0.6 is 0 Å². The molecule has 0 spiro atoms. The molecule has 0 aliphatic rings. The third-order valence-corrected chi connectivity index (χ3v) is 2.98.